The van der Waals surface area contributed by atoms with E-state index in [9.17, 15) is 18.8 Å². The molecule has 1 aliphatic carbocycles. The van der Waals surface area contributed by atoms with E-state index < -0.39 is 11.7 Å². The number of nitrogens with zero attached hydrogens (tertiary/aromatic N) is 1. The average Bonchev–Trinajstić information content (AvgIpc) is 3.15. The molecule has 0 radical (unpaired) electrons. The normalized spacial score (nSPS) is 20.9. The van der Waals surface area contributed by atoms with E-state index >= 15 is 0 Å². The van der Waals surface area contributed by atoms with Crippen LogP contribution in [-0.4, -0.2) is 35.4 Å². The molecule has 2 heterocycles. The highest BCUT2D eigenvalue weighted by molar-refractivity contribution is 6.06. The Morgan fingerprint density at radius 2 is 1.78 bits per heavy atom. The van der Waals surface area contributed by atoms with Gasteiger partial charge in [-0.2, -0.15) is 0 Å². The molecule has 37 heavy (non-hydrogen) atoms. The molecule has 0 bridgehead atoms. The summed E-state index contributed by atoms with van der Waals surface area (Å²) in [6.07, 6.45) is 4.17. The van der Waals surface area contributed by atoms with Crippen LogP contribution in [0.1, 0.15) is 66.8 Å². The number of nitrogens with one attached hydrogen (secondary N) is 2. The molecule has 2 amide bonds. The number of aromatic nitrogens is 1. The van der Waals surface area contributed by atoms with Gasteiger partial charge in [0.25, 0.3) is 5.91 Å². The van der Waals surface area contributed by atoms with Gasteiger partial charge in [-0.15, -0.1) is 0 Å². The minimum absolute atomic E-state index is 0.00510. The molecule has 1 saturated carbocycles. The van der Waals surface area contributed by atoms with Gasteiger partial charge in [0, 0.05) is 47.8 Å². The Morgan fingerprint density at radius 3 is 2.46 bits per heavy atom. The summed E-state index contributed by atoms with van der Waals surface area (Å²) in [5.41, 5.74) is 9.63. The summed E-state index contributed by atoms with van der Waals surface area (Å²) in [6, 6.07) is 10.1. The number of hydrogen-bond acceptors (Lipinski definition) is 4. The Morgan fingerprint density at radius 1 is 1.05 bits per heavy atom. The summed E-state index contributed by atoms with van der Waals surface area (Å²) in [5, 5.41) is 7.03. The fourth-order valence-electron chi connectivity index (χ4n) is 6.05. The first-order valence-electron chi connectivity index (χ1n) is 12.9. The van der Waals surface area contributed by atoms with Crippen molar-refractivity contribution in [2.24, 2.45) is 17.1 Å². The molecule has 194 valence electrons. The molecule has 0 spiro atoms. The highest BCUT2D eigenvalue weighted by Crippen LogP contribution is 2.43. The number of carbonyl (C=O) groups excluding carboxylic acids is 3. The van der Waals surface area contributed by atoms with Gasteiger partial charge in [0.2, 0.25) is 11.8 Å². The molecule has 8 heteroatoms. The molecule has 0 atom stereocenters. The van der Waals surface area contributed by atoms with Gasteiger partial charge >= 0.3 is 0 Å². The Balaban J connectivity index is 1.58. The number of hydrogen-bond donors (Lipinski definition) is 3. The van der Waals surface area contributed by atoms with Crippen molar-refractivity contribution in [2.75, 3.05) is 12.4 Å². The van der Waals surface area contributed by atoms with Gasteiger partial charge in [-0.25, -0.2) is 4.39 Å². The Kier molecular flexibility index (Phi) is 6.30. The lowest BCUT2D eigenvalue weighted by Gasteiger charge is -2.31. The van der Waals surface area contributed by atoms with Crippen LogP contribution < -0.4 is 16.4 Å². The zero-order valence-corrected chi connectivity index (χ0v) is 21.5. The molecule has 4 N–H and O–H groups in total. The van der Waals surface area contributed by atoms with E-state index in [0.717, 1.165) is 47.9 Å². The fourth-order valence-corrected chi connectivity index (χ4v) is 6.05. The van der Waals surface area contributed by atoms with Gasteiger partial charge in [-0.3, -0.25) is 19.0 Å². The maximum atomic E-state index is 14.3. The van der Waals surface area contributed by atoms with Crippen molar-refractivity contribution in [3.8, 4) is 11.1 Å². The number of primary amides is 1. The van der Waals surface area contributed by atoms with Crippen LogP contribution in [0.3, 0.4) is 0 Å². The summed E-state index contributed by atoms with van der Waals surface area (Å²) in [7, 11) is 1.66. The average molecular weight is 505 g/mol. The van der Waals surface area contributed by atoms with E-state index in [2.05, 4.69) is 24.5 Å². The van der Waals surface area contributed by atoms with Crippen molar-refractivity contribution in [3.63, 3.8) is 0 Å². The van der Waals surface area contributed by atoms with E-state index in [1.165, 1.54) is 12.1 Å². The van der Waals surface area contributed by atoms with Gasteiger partial charge in [0.1, 0.15) is 5.82 Å². The van der Waals surface area contributed by atoms with E-state index in [1.54, 1.807) is 23.7 Å². The van der Waals surface area contributed by atoms with Crippen LogP contribution in [-0.2, 0) is 11.2 Å². The number of halogens is 1. The van der Waals surface area contributed by atoms with Crippen LogP contribution in [0.4, 0.5) is 10.1 Å². The molecule has 1 aromatic heterocycles. The first-order valence-corrected chi connectivity index (χ1v) is 12.9. The topological polar surface area (TPSA) is 106 Å². The maximum Gasteiger partial charge on any atom is 0.250 e. The quantitative estimate of drug-likeness (QED) is 0.461. The standard InChI is InChI=1S/C29H33FN4O3/c1-29(2)14-24-26(21-11-7-18(30)13-23(21)34(24)25(35)15-29)17-6-10-20(27(31)36)22(12-17)33-19-8-4-16(5-9-19)28(37)32-3/h6-7,10-13,16,19,33H,4-5,8-9,14-15H2,1-3H3,(H2,31,36)(H,32,37). The van der Waals surface area contributed by atoms with Crippen LogP contribution in [0.5, 0.6) is 0 Å². The van der Waals surface area contributed by atoms with Crippen molar-refractivity contribution in [3.05, 3.63) is 53.5 Å². The number of anilines is 1. The summed E-state index contributed by atoms with van der Waals surface area (Å²) >= 11 is 0. The largest absolute Gasteiger partial charge is 0.382 e. The zero-order valence-electron chi connectivity index (χ0n) is 21.5. The summed E-state index contributed by atoms with van der Waals surface area (Å²) in [6.45, 7) is 4.13. The highest BCUT2D eigenvalue weighted by atomic mass is 19.1. The lowest BCUT2D eigenvalue weighted by Crippen LogP contribution is -2.34. The number of fused-ring (bicyclic) bond motifs is 3. The Labute approximate surface area is 215 Å². The van der Waals surface area contributed by atoms with Crippen molar-refractivity contribution in [2.45, 2.75) is 58.4 Å². The zero-order chi connectivity index (χ0) is 26.5. The van der Waals surface area contributed by atoms with Crippen molar-refractivity contribution in [1.82, 2.24) is 9.88 Å². The van der Waals surface area contributed by atoms with E-state index in [4.69, 9.17) is 5.73 Å². The molecular weight excluding hydrogens is 471 g/mol. The summed E-state index contributed by atoms with van der Waals surface area (Å²) < 4.78 is 15.9. The van der Waals surface area contributed by atoms with Crippen LogP contribution in [0, 0.1) is 17.2 Å². The lowest BCUT2D eigenvalue weighted by molar-refractivity contribution is -0.125. The van der Waals surface area contributed by atoms with Gasteiger partial charge in [-0.1, -0.05) is 19.9 Å². The summed E-state index contributed by atoms with van der Waals surface area (Å²) in [5.74, 6) is -0.901. The van der Waals surface area contributed by atoms with E-state index in [-0.39, 0.29) is 29.2 Å². The van der Waals surface area contributed by atoms with Crippen LogP contribution >= 0.6 is 0 Å². The predicted molar refractivity (Wildman–Crippen MR) is 142 cm³/mol. The molecule has 1 fully saturated rings. The van der Waals surface area contributed by atoms with Crippen LogP contribution in [0.15, 0.2) is 36.4 Å². The molecule has 1 aliphatic heterocycles. The van der Waals surface area contributed by atoms with Crippen LogP contribution in [0.25, 0.3) is 22.0 Å². The van der Waals surface area contributed by atoms with Crippen LogP contribution in [0.2, 0.25) is 0 Å². The van der Waals surface area contributed by atoms with Gasteiger partial charge in [-0.05, 0) is 73.4 Å². The molecule has 0 saturated heterocycles. The van der Waals surface area contributed by atoms with Crippen molar-refractivity contribution >= 4 is 34.3 Å². The molecule has 5 rings (SSSR count). The number of nitrogens with two attached hydrogens (primary N) is 1. The highest BCUT2D eigenvalue weighted by Gasteiger charge is 2.35. The van der Waals surface area contributed by atoms with E-state index in [0.29, 0.717) is 29.6 Å². The van der Waals surface area contributed by atoms with Crippen molar-refractivity contribution < 1.29 is 18.8 Å². The number of carbonyl (C=O) groups is 3. The Bertz CT molecular complexity index is 1420. The Hall–Kier alpha value is -3.68. The second kappa shape index (κ2) is 9.32. The van der Waals surface area contributed by atoms with Gasteiger partial charge < -0.3 is 16.4 Å². The third-order valence-electron chi connectivity index (χ3n) is 7.83. The molecule has 0 unspecified atom stereocenters. The van der Waals surface area contributed by atoms with E-state index in [1.807, 2.05) is 12.1 Å². The molecular formula is C29H33FN4O3. The smallest absolute Gasteiger partial charge is 0.250 e. The maximum absolute atomic E-state index is 14.3. The van der Waals surface area contributed by atoms with Crippen molar-refractivity contribution in [1.29, 1.82) is 0 Å². The lowest BCUT2D eigenvalue weighted by atomic mass is 9.80. The first kappa shape index (κ1) is 25.0. The van der Waals surface area contributed by atoms with Gasteiger partial charge in [0.15, 0.2) is 0 Å². The summed E-state index contributed by atoms with van der Waals surface area (Å²) in [4.78, 5) is 37.5. The number of rotatable bonds is 5. The molecule has 2 aliphatic rings. The predicted octanol–water partition coefficient (Wildman–Crippen LogP) is 4.88. The monoisotopic (exact) mass is 504 g/mol. The molecule has 7 nitrogen and oxygen atoms in total. The molecule has 3 aromatic rings. The van der Waals surface area contributed by atoms with Gasteiger partial charge in [0.05, 0.1) is 11.1 Å². The minimum atomic E-state index is -0.532. The number of benzene rings is 2. The minimum Gasteiger partial charge on any atom is -0.382 e. The number of amides is 2. The second-order valence-corrected chi connectivity index (χ2v) is 11.2. The third-order valence-corrected chi connectivity index (χ3v) is 7.83. The SMILES string of the molecule is CNC(=O)C1CCC(Nc2cc(-c3c4n(c5cc(F)ccc35)C(=O)CC(C)(C)C4)ccc2C(N)=O)CC1. The molecule has 2 aromatic carbocycles. The first-order chi connectivity index (χ1) is 17.6. The fraction of sp³-hybridized carbons (Fsp3) is 0.414. The third kappa shape index (κ3) is 4.61. The second-order valence-electron chi connectivity index (χ2n) is 11.2.